The zero-order chi connectivity index (χ0) is 16.0. The van der Waals surface area contributed by atoms with Gasteiger partial charge in [0, 0.05) is 13.6 Å². The monoisotopic (exact) mass is 318 g/mol. The zero-order valence-electron chi connectivity index (χ0n) is 12.3. The van der Waals surface area contributed by atoms with Crippen molar-refractivity contribution in [2.24, 2.45) is 0 Å². The number of hydrogen-bond acceptors (Lipinski definition) is 3. The van der Waals surface area contributed by atoms with Crippen LogP contribution in [0.25, 0.3) is 0 Å². The van der Waals surface area contributed by atoms with Gasteiger partial charge in [-0.05, 0) is 17.7 Å². The Morgan fingerprint density at radius 1 is 1.00 bits per heavy atom. The second-order valence-electron chi connectivity index (χ2n) is 4.84. The Morgan fingerprint density at radius 2 is 1.55 bits per heavy atom. The molecule has 116 valence electrons. The first-order valence-electron chi connectivity index (χ1n) is 6.82. The van der Waals surface area contributed by atoms with Gasteiger partial charge in [0.1, 0.15) is 0 Å². The summed E-state index contributed by atoms with van der Waals surface area (Å²) in [5.41, 5.74) is 0.962. The van der Waals surface area contributed by atoms with Crippen molar-refractivity contribution >= 4 is 15.9 Å². The third-order valence-corrected chi connectivity index (χ3v) is 4.97. The number of nitrogens with one attached hydrogen (secondary N) is 1. The highest BCUT2D eigenvalue weighted by atomic mass is 32.2. The van der Waals surface area contributed by atoms with Gasteiger partial charge in [-0.15, -0.1) is 0 Å². The first kappa shape index (κ1) is 16.2. The van der Waals surface area contributed by atoms with Crippen molar-refractivity contribution in [3.05, 3.63) is 66.2 Å². The summed E-state index contributed by atoms with van der Waals surface area (Å²) in [7, 11) is -2.25. The first-order chi connectivity index (χ1) is 10.5. The number of benzene rings is 2. The Balaban J connectivity index is 1.94. The van der Waals surface area contributed by atoms with Crippen molar-refractivity contribution in [3.8, 4) is 0 Å². The molecule has 5 nitrogen and oxygen atoms in total. The summed E-state index contributed by atoms with van der Waals surface area (Å²) in [6, 6.07) is 17.5. The van der Waals surface area contributed by atoms with Crippen molar-refractivity contribution in [3.63, 3.8) is 0 Å². The molecular formula is C16H18N2O3S. The fourth-order valence-electron chi connectivity index (χ4n) is 1.91. The van der Waals surface area contributed by atoms with E-state index in [9.17, 15) is 13.2 Å². The molecule has 0 radical (unpaired) electrons. The van der Waals surface area contributed by atoms with E-state index >= 15 is 0 Å². The third-order valence-electron chi connectivity index (χ3n) is 3.15. The Kier molecular flexibility index (Phi) is 5.30. The van der Waals surface area contributed by atoms with Gasteiger partial charge in [0.15, 0.2) is 0 Å². The molecular weight excluding hydrogens is 300 g/mol. The molecule has 0 aromatic heterocycles. The normalized spacial score (nSPS) is 11.4. The van der Waals surface area contributed by atoms with E-state index in [0.717, 1.165) is 9.87 Å². The Morgan fingerprint density at radius 3 is 2.14 bits per heavy atom. The standard InChI is InChI=1S/C16H18N2O3S/c1-18(22(20,21)15-10-6-3-7-11-15)13-16(19)17-12-14-8-4-2-5-9-14/h2-11H,12-13H2,1H3,(H,17,19). The highest BCUT2D eigenvalue weighted by Gasteiger charge is 2.22. The summed E-state index contributed by atoms with van der Waals surface area (Å²) in [6.07, 6.45) is 0. The van der Waals surface area contributed by atoms with Gasteiger partial charge >= 0.3 is 0 Å². The molecule has 0 fully saturated rings. The second-order valence-corrected chi connectivity index (χ2v) is 6.88. The number of hydrogen-bond donors (Lipinski definition) is 1. The lowest BCUT2D eigenvalue weighted by Crippen LogP contribution is -2.38. The minimum Gasteiger partial charge on any atom is -0.351 e. The maximum atomic E-state index is 12.3. The molecule has 6 heteroatoms. The number of rotatable bonds is 6. The summed E-state index contributed by atoms with van der Waals surface area (Å²) in [4.78, 5) is 12.1. The topological polar surface area (TPSA) is 66.5 Å². The molecule has 2 aromatic carbocycles. The average Bonchev–Trinajstić information content (AvgIpc) is 2.54. The van der Waals surface area contributed by atoms with E-state index in [1.54, 1.807) is 18.2 Å². The number of carbonyl (C=O) groups excluding carboxylic acids is 1. The zero-order valence-corrected chi connectivity index (χ0v) is 13.1. The van der Waals surface area contributed by atoms with E-state index in [0.29, 0.717) is 6.54 Å². The van der Waals surface area contributed by atoms with Crippen molar-refractivity contribution in [1.29, 1.82) is 0 Å². The van der Waals surface area contributed by atoms with Crippen LogP contribution in [0, 0.1) is 0 Å². The number of sulfonamides is 1. The fourth-order valence-corrected chi connectivity index (χ4v) is 3.06. The molecule has 0 aliphatic heterocycles. The van der Waals surface area contributed by atoms with E-state index in [1.165, 1.54) is 19.2 Å². The number of likely N-dealkylation sites (N-methyl/N-ethyl adjacent to an activating group) is 1. The summed E-state index contributed by atoms with van der Waals surface area (Å²) in [5.74, 6) is -0.342. The average molecular weight is 318 g/mol. The van der Waals surface area contributed by atoms with E-state index in [2.05, 4.69) is 5.32 Å². The minimum atomic E-state index is -3.64. The summed E-state index contributed by atoms with van der Waals surface area (Å²) < 4.78 is 25.6. The first-order valence-corrected chi connectivity index (χ1v) is 8.26. The maximum absolute atomic E-state index is 12.3. The van der Waals surface area contributed by atoms with Crippen LogP contribution in [0.1, 0.15) is 5.56 Å². The molecule has 2 rings (SSSR count). The molecule has 2 aromatic rings. The predicted octanol–water partition coefficient (Wildman–Crippen LogP) is 1.62. The predicted molar refractivity (Wildman–Crippen MR) is 84.5 cm³/mol. The summed E-state index contributed by atoms with van der Waals surface area (Å²) >= 11 is 0. The largest absolute Gasteiger partial charge is 0.351 e. The van der Waals surface area contributed by atoms with Crippen molar-refractivity contribution in [2.75, 3.05) is 13.6 Å². The van der Waals surface area contributed by atoms with Gasteiger partial charge in [-0.1, -0.05) is 48.5 Å². The summed E-state index contributed by atoms with van der Waals surface area (Å²) in [5, 5.41) is 2.71. The molecule has 0 saturated heterocycles. The molecule has 0 aliphatic rings. The van der Waals surface area contributed by atoms with Crippen LogP contribution >= 0.6 is 0 Å². The molecule has 1 N–H and O–H groups in total. The lowest BCUT2D eigenvalue weighted by Gasteiger charge is -2.16. The molecule has 1 amide bonds. The van der Waals surface area contributed by atoms with Crippen LogP contribution in [-0.4, -0.2) is 32.2 Å². The Labute approximate surface area is 130 Å². The lowest BCUT2D eigenvalue weighted by molar-refractivity contribution is -0.121. The summed E-state index contributed by atoms with van der Waals surface area (Å²) in [6.45, 7) is 0.156. The molecule has 0 unspecified atom stereocenters. The van der Waals surface area contributed by atoms with Crippen LogP contribution in [0.3, 0.4) is 0 Å². The second kappa shape index (κ2) is 7.20. The van der Waals surface area contributed by atoms with Crippen LogP contribution in [0.5, 0.6) is 0 Å². The van der Waals surface area contributed by atoms with E-state index < -0.39 is 10.0 Å². The molecule has 22 heavy (non-hydrogen) atoms. The van der Waals surface area contributed by atoms with Gasteiger partial charge in [0.2, 0.25) is 15.9 Å². The highest BCUT2D eigenvalue weighted by molar-refractivity contribution is 7.89. The molecule has 0 bridgehead atoms. The van der Waals surface area contributed by atoms with Crippen molar-refractivity contribution < 1.29 is 13.2 Å². The number of amides is 1. The lowest BCUT2D eigenvalue weighted by atomic mass is 10.2. The number of nitrogens with zero attached hydrogens (tertiary/aromatic N) is 1. The smallest absolute Gasteiger partial charge is 0.243 e. The van der Waals surface area contributed by atoms with Gasteiger partial charge < -0.3 is 5.32 Å². The molecule has 0 saturated carbocycles. The van der Waals surface area contributed by atoms with E-state index in [1.807, 2.05) is 30.3 Å². The number of carbonyl (C=O) groups is 1. The SMILES string of the molecule is CN(CC(=O)NCc1ccccc1)S(=O)(=O)c1ccccc1. The van der Waals surface area contributed by atoms with Crippen LogP contribution in [-0.2, 0) is 21.4 Å². The van der Waals surface area contributed by atoms with Crippen LogP contribution < -0.4 is 5.32 Å². The van der Waals surface area contributed by atoms with E-state index in [4.69, 9.17) is 0 Å². The van der Waals surface area contributed by atoms with Gasteiger partial charge in [0.05, 0.1) is 11.4 Å². The van der Waals surface area contributed by atoms with Gasteiger partial charge in [0.25, 0.3) is 0 Å². The molecule has 0 heterocycles. The van der Waals surface area contributed by atoms with Crippen molar-refractivity contribution in [2.45, 2.75) is 11.4 Å². The van der Waals surface area contributed by atoms with E-state index in [-0.39, 0.29) is 17.3 Å². The quantitative estimate of drug-likeness (QED) is 0.880. The molecule has 0 aliphatic carbocycles. The fraction of sp³-hybridized carbons (Fsp3) is 0.188. The third kappa shape index (κ3) is 4.16. The molecule has 0 spiro atoms. The van der Waals surface area contributed by atoms with Crippen LogP contribution in [0.15, 0.2) is 65.6 Å². The highest BCUT2D eigenvalue weighted by Crippen LogP contribution is 2.12. The van der Waals surface area contributed by atoms with Crippen molar-refractivity contribution in [1.82, 2.24) is 9.62 Å². The van der Waals surface area contributed by atoms with Crippen LogP contribution in [0.2, 0.25) is 0 Å². The minimum absolute atomic E-state index is 0.174. The van der Waals surface area contributed by atoms with Crippen LogP contribution in [0.4, 0.5) is 0 Å². The Bertz CT molecular complexity index is 716. The van der Waals surface area contributed by atoms with Gasteiger partial charge in [-0.2, -0.15) is 4.31 Å². The Hall–Kier alpha value is -2.18. The molecule has 0 atom stereocenters. The van der Waals surface area contributed by atoms with Gasteiger partial charge in [-0.25, -0.2) is 8.42 Å². The maximum Gasteiger partial charge on any atom is 0.243 e. The van der Waals surface area contributed by atoms with Gasteiger partial charge in [-0.3, -0.25) is 4.79 Å².